The summed E-state index contributed by atoms with van der Waals surface area (Å²) in [5.74, 6) is -0.246. The Balaban J connectivity index is 2.21. The number of carbonyl (C=O) groups excluding carboxylic acids is 1. The van der Waals surface area contributed by atoms with Gasteiger partial charge in [-0.05, 0) is 12.1 Å². The molecule has 1 amide bonds. The maximum Gasteiger partial charge on any atom is 0.239 e. The highest BCUT2D eigenvalue weighted by Crippen LogP contribution is 2.11. The van der Waals surface area contributed by atoms with Crippen LogP contribution in [0.15, 0.2) is 24.3 Å². The SMILES string of the molecule is COCC(N)C(=O)NCCOc1cccc(F)c1. The van der Waals surface area contributed by atoms with Gasteiger partial charge in [0, 0.05) is 13.2 Å². The molecule has 6 heteroatoms. The number of hydrogen-bond donors (Lipinski definition) is 2. The van der Waals surface area contributed by atoms with Crippen LogP contribution in [0.1, 0.15) is 0 Å². The van der Waals surface area contributed by atoms with Crippen LogP contribution in [0.3, 0.4) is 0 Å². The third-order valence-electron chi connectivity index (χ3n) is 2.15. The van der Waals surface area contributed by atoms with Crippen molar-refractivity contribution in [3.05, 3.63) is 30.1 Å². The quantitative estimate of drug-likeness (QED) is 0.688. The molecule has 1 atom stereocenters. The van der Waals surface area contributed by atoms with Gasteiger partial charge in [0.05, 0.1) is 13.2 Å². The molecule has 0 saturated carbocycles. The summed E-state index contributed by atoms with van der Waals surface area (Å²) in [5, 5.41) is 2.59. The second kappa shape index (κ2) is 7.62. The Morgan fingerprint density at radius 1 is 1.56 bits per heavy atom. The summed E-state index contributed by atoms with van der Waals surface area (Å²) in [4.78, 5) is 11.4. The molecule has 1 aromatic carbocycles. The zero-order valence-corrected chi connectivity index (χ0v) is 10.2. The highest BCUT2D eigenvalue weighted by atomic mass is 19.1. The van der Waals surface area contributed by atoms with Gasteiger partial charge in [0.15, 0.2) is 0 Å². The van der Waals surface area contributed by atoms with Gasteiger partial charge in [0.25, 0.3) is 0 Å². The lowest BCUT2D eigenvalue weighted by molar-refractivity contribution is -0.123. The minimum atomic E-state index is -0.691. The lowest BCUT2D eigenvalue weighted by atomic mass is 10.3. The van der Waals surface area contributed by atoms with Crippen molar-refractivity contribution in [1.29, 1.82) is 0 Å². The Labute approximate surface area is 105 Å². The molecule has 0 aliphatic rings. The molecule has 0 radical (unpaired) electrons. The highest BCUT2D eigenvalue weighted by Gasteiger charge is 2.11. The fourth-order valence-corrected chi connectivity index (χ4v) is 1.29. The maximum absolute atomic E-state index is 12.8. The van der Waals surface area contributed by atoms with Crippen molar-refractivity contribution in [2.24, 2.45) is 5.73 Å². The summed E-state index contributed by atoms with van der Waals surface area (Å²) in [6.45, 7) is 0.707. The van der Waals surface area contributed by atoms with Gasteiger partial charge in [-0.2, -0.15) is 0 Å². The van der Waals surface area contributed by atoms with Crippen LogP contribution in [0.5, 0.6) is 5.75 Å². The smallest absolute Gasteiger partial charge is 0.239 e. The van der Waals surface area contributed by atoms with Gasteiger partial charge in [-0.1, -0.05) is 6.07 Å². The summed E-state index contributed by atoms with van der Waals surface area (Å²) in [6, 6.07) is 5.11. The van der Waals surface area contributed by atoms with Gasteiger partial charge in [-0.15, -0.1) is 0 Å². The predicted molar refractivity (Wildman–Crippen MR) is 64.8 cm³/mol. The Morgan fingerprint density at radius 2 is 2.33 bits per heavy atom. The molecule has 0 bridgehead atoms. The summed E-state index contributed by atoms with van der Waals surface area (Å²) < 4.78 is 22.8. The first kappa shape index (κ1) is 14.4. The van der Waals surface area contributed by atoms with Crippen LogP contribution in [0.25, 0.3) is 0 Å². The Morgan fingerprint density at radius 3 is 3.00 bits per heavy atom. The molecule has 1 aromatic rings. The van der Waals surface area contributed by atoms with E-state index in [1.54, 1.807) is 12.1 Å². The van der Waals surface area contributed by atoms with Gasteiger partial charge in [-0.3, -0.25) is 4.79 Å². The molecule has 100 valence electrons. The average Bonchev–Trinajstić information content (AvgIpc) is 2.35. The number of ether oxygens (including phenoxy) is 2. The predicted octanol–water partition coefficient (Wildman–Crippen LogP) is 0.294. The lowest BCUT2D eigenvalue weighted by Gasteiger charge is -2.11. The number of benzene rings is 1. The number of carbonyl (C=O) groups is 1. The van der Waals surface area contributed by atoms with Crippen molar-refractivity contribution >= 4 is 5.91 Å². The lowest BCUT2D eigenvalue weighted by Crippen LogP contribution is -2.44. The largest absolute Gasteiger partial charge is 0.492 e. The van der Waals surface area contributed by atoms with E-state index in [-0.39, 0.29) is 24.9 Å². The van der Waals surface area contributed by atoms with Crippen molar-refractivity contribution in [3.8, 4) is 5.75 Å². The molecule has 1 rings (SSSR count). The summed E-state index contributed by atoms with van der Waals surface area (Å²) in [7, 11) is 1.47. The second-order valence-corrected chi connectivity index (χ2v) is 3.66. The van der Waals surface area contributed by atoms with Crippen LogP contribution in [0.2, 0.25) is 0 Å². The highest BCUT2D eigenvalue weighted by molar-refractivity contribution is 5.81. The Bertz CT molecular complexity index is 387. The molecular weight excluding hydrogens is 239 g/mol. The number of methoxy groups -OCH3 is 1. The molecular formula is C12H17FN2O3. The van der Waals surface area contributed by atoms with E-state index >= 15 is 0 Å². The molecule has 0 saturated heterocycles. The third-order valence-corrected chi connectivity index (χ3v) is 2.15. The molecule has 5 nitrogen and oxygen atoms in total. The van der Waals surface area contributed by atoms with E-state index in [0.29, 0.717) is 12.3 Å². The van der Waals surface area contributed by atoms with Crippen molar-refractivity contribution in [3.63, 3.8) is 0 Å². The van der Waals surface area contributed by atoms with E-state index in [9.17, 15) is 9.18 Å². The van der Waals surface area contributed by atoms with Crippen LogP contribution in [0, 0.1) is 5.82 Å². The summed E-state index contributed by atoms with van der Waals surface area (Å²) in [6.07, 6.45) is 0. The van der Waals surface area contributed by atoms with Crippen LogP contribution in [-0.2, 0) is 9.53 Å². The van der Waals surface area contributed by atoms with Gasteiger partial charge in [0.2, 0.25) is 5.91 Å². The maximum atomic E-state index is 12.8. The molecule has 0 spiro atoms. The second-order valence-electron chi connectivity index (χ2n) is 3.66. The fraction of sp³-hybridized carbons (Fsp3) is 0.417. The first-order chi connectivity index (χ1) is 8.63. The van der Waals surface area contributed by atoms with Crippen LogP contribution in [-0.4, -0.2) is 38.8 Å². The van der Waals surface area contributed by atoms with Crippen molar-refractivity contribution in [1.82, 2.24) is 5.32 Å². The van der Waals surface area contributed by atoms with E-state index in [2.05, 4.69) is 5.32 Å². The fourth-order valence-electron chi connectivity index (χ4n) is 1.29. The minimum Gasteiger partial charge on any atom is -0.492 e. The Hall–Kier alpha value is -1.66. The van der Waals surface area contributed by atoms with Crippen LogP contribution < -0.4 is 15.8 Å². The van der Waals surface area contributed by atoms with Gasteiger partial charge >= 0.3 is 0 Å². The summed E-state index contributed by atoms with van der Waals surface area (Å²) >= 11 is 0. The summed E-state index contributed by atoms with van der Waals surface area (Å²) in [5.41, 5.74) is 5.51. The van der Waals surface area contributed by atoms with E-state index < -0.39 is 6.04 Å². The number of amides is 1. The monoisotopic (exact) mass is 256 g/mol. The van der Waals surface area contributed by atoms with E-state index in [1.165, 1.54) is 19.2 Å². The van der Waals surface area contributed by atoms with Gasteiger partial charge in [0.1, 0.15) is 24.2 Å². The number of rotatable bonds is 7. The topological polar surface area (TPSA) is 73.6 Å². The first-order valence-electron chi connectivity index (χ1n) is 5.54. The molecule has 3 N–H and O–H groups in total. The first-order valence-corrected chi connectivity index (χ1v) is 5.54. The van der Waals surface area contributed by atoms with Crippen LogP contribution >= 0.6 is 0 Å². The minimum absolute atomic E-state index is 0.163. The van der Waals surface area contributed by atoms with Crippen molar-refractivity contribution < 1.29 is 18.7 Å². The normalized spacial score (nSPS) is 11.9. The van der Waals surface area contributed by atoms with Crippen molar-refractivity contribution in [2.75, 3.05) is 26.9 Å². The van der Waals surface area contributed by atoms with Gasteiger partial charge in [-0.25, -0.2) is 4.39 Å². The number of nitrogens with two attached hydrogens (primary N) is 1. The molecule has 0 aliphatic carbocycles. The van der Waals surface area contributed by atoms with Gasteiger partial charge < -0.3 is 20.5 Å². The van der Waals surface area contributed by atoms with E-state index in [4.69, 9.17) is 15.2 Å². The van der Waals surface area contributed by atoms with Crippen LogP contribution in [0.4, 0.5) is 4.39 Å². The molecule has 0 heterocycles. The molecule has 0 fully saturated rings. The zero-order valence-electron chi connectivity index (χ0n) is 10.2. The molecule has 18 heavy (non-hydrogen) atoms. The molecule has 1 unspecified atom stereocenters. The van der Waals surface area contributed by atoms with E-state index in [1.807, 2.05) is 0 Å². The third kappa shape index (κ3) is 5.11. The molecule has 0 aliphatic heterocycles. The number of halogens is 1. The average molecular weight is 256 g/mol. The van der Waals surface area contributed by atoms with Crippen molar-refractivity contribution in [2.45, 2.75) is 6.04 Å². The zero-order chi connectivity index (χ0) is 13.4. The number of hydrogen-bond acceptors (Lipinski definition) is 4. The number of nitrogens with one attached hydrogen (secondary N) is 1. The molecule has 0 aromatic heterocycles. The Kier molecular flexibility index (Phi) is 6.10. The van der Waals surface area contributed by atoms with E-state index in [0.717, 1.165) is 0 Å². The standard InChI is InChI=1S/C12H17FN2O3/c1-17-8-11(14)12(16)15-5-6-18-10-4-2-3-9(13)7-10/h2-4,7,11H,5-6,8,14H2,1H3,(H,15,16).